The maximum Gasteiger partial charge on any atom is 0.300 e. The molecule has 2 N–H and O–H groups in total. The Labute approximate surface area is 190 Å². The number of aromatic hydroxyl groups is 1. The van der Waals surface area contributed by atoms with Crippen LogP contribution < -0.4 is 4.90 Å². The molecule has 32 heavy (non-hydrogen) atoms. The highest BCUT2D eigenvalue weighted by Crippen LogP contribution is 2.43. The Bertz CT molecular complexity index is 1290. The Morgan fingerprint density at radius 3 is 2.31 bits per heavy atom. The van der Waals surface area contributed by atoms with Gasteiger partial charge in [-0.3, -0.25) is 14.5 Å². The third-order valence-electron chi connectivity index (χ3n) is 5.25. The quantitative estimate of drug-likeness (QED) is 0.288. The number of benzene rings is 3. The van der Waals surface area contributed by atoms with Crippen molar-refractivity contribution in [2.75, 3.05) is 4.90 Å². The molecule has 4 rings (SSSR count). The van der Waals surface area contributed by atoms with Gasteiger partial charge in [-0.25, -0.2) is 8.78 Å². The number of halogens is 3. The van der Waals surface area contributed by atoms with Crippen molar-refractivity contribution in [3.63, 3.8) is 0 Å². The van der Waals surface area contributed by atoms with E-state index >= 15 is 0 Å². The monoisotopic (exact) mass is 499 g/mol. The van der Waals surface area contributed by atoms with Gasteiger partial charge in [0.1, 0.15) is 23.1 Å². The van der Waals surface area contributed by atoms with Crippen LogP contribution in [0.1, 0.15) is 22.7 Å². The number of anilines is 1. The average molecular weight is 500 g/mol. The predicted molar refractivity (Wildman–Crippen MR) is 118 cm³/mol. The third-order valence-corrected chi connectivity index (χ3v) is 6.14. The summed E-state index contributed by atoms with van der Waals surface area (Å²) in [5, 5.41) is 20.7. The summed E-state index contributed by atoms with van der Waals surface area (Å²) in [4.78, 5) is 26.9. The molecule has 1 aliphatic heterocycles. The van der Waals surface area contributed by atoms with Crippen LogP contribution in [-0.2, 0) is 9.59 Å². The summed E-state index contributed by atoms with van der Waals surface area (Å²) in [5.41, 5.74) is 0.881. The lowest BCUT2D eigenvalue weighted by Crippen LogP contribution is -2.30. The molecule has 5 nitrogen and oxygen atoms in total. The zero-order chi connectivity index (χ0) is 23.2. The molecule has 8 heteroatoms. The second-order valence-corrected chi connectivity index (χ2v) is 8.17. The molecule has 1 heterocycles. The summed E-state index contributed by atoms with van der Waals surface area (Å²) in [7, 11) is 0. The third kappa shape index (κ3) is 3.67. The van der Waals surface area contributed by atoms with Crippen molar-refractivity contribution in [2.45, 2.75) is 13.0 Å². The molecule has 0 radical (unpaired) electrons. The molecule has 0 aliphatic carbocycles. The molecule has 0 spiro atoms. The van der Waals surface area contributed by atoms with Crippen LogP contribution in [0, 0.1) is 18.6 Å². The highest BCUT2D eigenvalue weighted by molar-refractivity contribution is 9.10. The normalized spacial score (nSPS) is 17.8. The maximum atomic E-state index is 14.6. The Balaban J connectivity index is 1.97. The highest BCUT2D eigenvalue weighted by Gasteiger charge is 2.47. The SMILES string of the molecule is Cc1cc(/C(O)=C2\C(=O)C(=O)N(c3ccc(F)cc3F)C2c2ccc(O)cc2)ccc1Br. The van der Waals surface area contributed by atoms with Crippen LogP contribution >= 0.6 is 15.9 Å². The molecule has 162 valence electrons. The van der Waals surface area contributed by atoms with Crippen LogP contribution in [0.25, 0.3) is 5.76 Å². The molecular formula is C24H16BrF2NO4. The molecule has 0 saturated carbocycles. The van der Waals surface area contributed by atoms with Crippen molar-refractivity contribution >= 4 is 39.1 Å². The first kappa shape index (κ1) is 21.7. The molecule has 1 saturated heterocycles. The van der Waals surface area contributed by atoms with Crippen LogP contribution in [-0.4, -0.2) is 21.9 Å². The van der Waals surface area contributed by atoms with Crippen LogP contribution in [0.4, 0.5) is 14.5 Å². The number of nitrogens with zero attached hydrogens (tertiary/aromatic N) is 1. The van der Waals surface area contributed by atoms with Gasteiger partial charge in [0.15, 0.2) is 0 Å². The van der Waals surface area contributed by atoms with Gasteiger partial charge in [-0.15, -0.1) is 0 Å². The van der Waals surface area contributed by atoms with Gasteiger partial charge in [0, 0.05) is 16.1 Å². The Hall–Kier alpha value is -3.52. The summed E-state index contributed by atoms with van der Waals surface area (Å²) < 4.78 is 28.9. The molecule has 3 aromatic carbocycles. The fourth-order valence-corrected chi connectivity index (χ4v) is 3.92. The number of amides is 1. The first-order chi connectivity index (χ1) is 15.2. The molecule has 3 aromatic rings. The minimum Gasteiger partial charge on any atom is -0.508 e. The standard InChI is InChI=1S/C24H16BrF2NO4/c1-12-10-14(4-8-17(12)25)22(30)20-21(13-2-6-16(29)7-3-13)28(24(32)23(20)31)19-9-5-15(26)11-18(19)27/h2-11,21,29-30H,1H3/b22-20+. The molecular weight excluding hydrogens is 484 g/mol. The van der Waals surface area contributed by atoms with Crippen molar-refractivity contribution in [2.24, 2.45) is 0 Å². The summed E-state index contributed by atoms with van der Waals surface area (Å²) in [6.45, 7) is 1.80. The summed E-state index contributed by atoms with van der Waals surface area (Å²) in [6, 6.07) is 12.0. The Morgan fingerprint density at radius 2 is 1.69 bits per heavy atom. The molecule has 1 aliphatic rings. The topological polar surface area (TPSA) is 77.8 Å². The largest absolute Gasteiger partial charge is 0.508 e. The maximum absolute atomic E-state index is 14.6. The van der Waals surface area contributed by atoms with Gasteiger partial charge in [-0.2, -0.15) is 0 Å². The molecule has 0 bridgehead atoms. The first-order valence-corrected chi connectivity index (χ1v) is 10.3. The van der Waals surface area contributed by atoms with Gasteiger partial charge < -0.3 is 10.2 Å². The second kappa shape index (κ2) is 8.20. The fraction of sp³-hybridized carbons (Fsp3) is 0.0833. The number of hydrogen-bond acceptors (Lipinski definition) is 4. The van der Waals surface area contributed by atoms with Crippen LogP contribution in [0.15, 0.2) is 70.7 Å². The van der Waals surface area contributed by atoms with Crippen LogP contribution in [0.3, 0.4) is 0 Å². The Morgan fingerprint density at radius 1 is 1.00 bits per heavy atom. The van der Waals surface area contributed by atoms with Crippen molar-refractivity contribution in [3.05, 3.63) is 99.0 Å². The lowest BCUT2D eigenvalue weighted by molar-refractivity contribution is -0.132. The minimum atomic E-state index is -1.19. The van der Waals surface area contributed by atoms with E-state index < -0.39 is 35.1 Å². The van der Waals surface area contributed by atoms with Crippen molar-refractivity contribution in [1.82, 2.24) is 0 Å². The number of hydrogen-bond donors (Lipinski definition) is 2. The van der Waals surface area contributed by atoms with E-state index in [-0.39, 0.29) is 17.0 Å². The molecule has 1 atom stereocenters. The van der Waals surface area contributed by atoms with E-state index in [1.807, 2.05) is 0 Å². The van der Waals surface area contributed by atoms with Crippen molar-refractivity contribution < 1.29 is 28.6 Å². The summed E-state index contributed by atoms with van der Waals surface area (Å²) in [5.74, 6) is -4.43. The van der Waals surface area contributed by atoms with Crippen LogP contribution in [0.2, 0.25) is 0 Å². The van der Waals surface area contributed by atoms with Crippen molar-refractivity contribution in [3.8, 4) is 5.75 Å². The number of aryl methyl sites for hydroxylation is 1. The summed E-state index contributed by atoms with van der Waals surface area (Å²) >= 11 is 3.37. The van der Waals surface area contributed by atoms with E-state index in [4.69, 9.17) is 0 Å². The van der Waals surface area contributed by atoms with E-state index in [9.17, 15) is 28.6 Å². The number of aliphatic hydroxyl groups excluding tert-OH is 1. The van der Waals surface area contributed by atoms with E-state index in [1.54, 1.807) is 25.1 Å². The smallest absolute Gasteiger partial charge is 0.300 e. The molecule has 1 amide bonds. The van der Waals surface area contributed by atoms with E-state index in [0.717, 1.165) is 27.1 Å². The van der Waals surface area contributed by atoms with Gasteiger partial charge in [0.2, 0.25) is 0 Å². The van der Waals surface area contributed by atoms with E-state index in [0.29, 0.717) is 17.2 Å². The predicted octanol–water partition coefficient (Wildman–Crippen LogP) is 5.37. The zero-order valence-electron chi connectivity index (χ0n) is 16.6. The number of Topliss-reactive ketones (excluding diaryl/α,β-unsaturated/α-hetero) is 1. The molecule has 1 fully saturated rings. The van der Waals surface area contributed by atoms with E-state index in [1.165, 1.54) is 24.3 Å². The number of phenolic OH excluding ortho intramolecular Hbond substituents is 1. The second-order valence-electron chi connectivity index (χ2n) is 7.32. The van der Waals surface area contributed by atoms with Gasteiger partial charge in [0.05, 0.1) is 17.3 Å². The number of carbonyl (C=O) groups excluding carboxylic acids is 2. The lowest BCUT2D eigenvalue weighted by atomic mass is 9.94. The number of rotatable bonds is 3. The minimum absolute atomic E-state index is 0.0535. The average Bonchev–Trinajstić information content (AvgIpc) is 3.01. The lowest BCUT2D eigenvalue weighted by Gasteiger charge is -2.25. The first-order valence-electron chi connectivity index (χ1n) is 9.50. The molecule has 0 aromatic heterocycles. The number of carbonyl (C=O) groups is 2. The van der Waals surface area contributed by atoms with Gasteiger partial charge in [-0.1, -0.05) is 34.1 Å². The fourth-order valence-electron chi connectivity index (χ4n) is 3.68. The van der Waals surface area contributed by atoms with Gasteiger partial charge >= 0.3 is 0 Å². The van der Waals surface area contributed by atoms with E-state index in [2.05, 4.69) is 15.9 Å². The van der Waals surface area contributed by atoms with Crippen LogP contribution in [0.5, 0.6) is 5.75 Å². The van der Waals surface area contributed by atoms with Gasteiger partial charge in [0.25, 0.3) is 11.7 Å². The zero-order valence-corrected chi connectivity index (χ0v) is 18.2. The van der Waals surface area contributed by atoms with Crippen molar-refractivity contribution in [1.29, 1.82) is 0 Å². The summed E-state index contributed by atoms with van der Waals surface area (Å²) in [6.07, 6.45) is 0. The Kier molecular flexibility index (Phi) is 5.56. The highest BCUT2D eigenvalue weighted by atomic mass is 79.9. The number of phenols is 1. The van der Waals surface area contributed by atoms with Gasteiger partial charge in [-0.05, 0) is 54.4 Å². The number of ketones is 1. The molecule has 1 unspecified atom stereocenters. The number of aliphatic hydroxyl groups is 1.